The number of halogens is 1. The molecule has 1 fully saturated rings. The Bertz CT molecular complexity index is 964. The van der Waals surface area contributed by atoms with Gasteiger partial charge >= 0.3 is 0 Å². The summed E-state index contributed by atoms with van der Waals surface area (Å²) in [6.45, 7) is 6.96. The molecule has 0 bridgehead atoms. The molecule has 0 spiro atoms. The molecular formula is C21H25ClN2O3S. The van der Waals surface area contributed by atoms with Crippen LogP contribution in [0.15, 0.2) is 41.3 Å². The van der Waals surface area contributed by atoms with Crippen LogP contribution in [0.1, 0.15) is 41.3 Å². The zero-order valence-electron chi connectivity index (χ0n) is 16.3. The number of nitrogens with one attached hydrogen (secondary N) is 1. The lowest BCUT2D eigenvalue weighted by atomic mass is 10.0. The molecule has 0 aliphatic carbocycles. The number of aryl methyl sites for hydroxylation is 2. The van der Waals surface area contributed by atoms with Crippen LogP contribution in [0.5, 0.6) is 0 Å². The Morgan fingerprint density at radius 2 is 1.86 bits per heavy atom. The van der Waals surface area contributed by atoms with E-state index in [9.17, 15) is 13.2 Å². The van der Waals surface area contributed by atoms with Crippen LogP contribution < -0.4 is 5.32 Å². The Morgan fingerprint density at radius 3 is 2.46 bits per heavy atom. The first-order chi connectivity index (χ1) is 13.2. The van der Waals surface area contributed by atoms with E-state index in [2.05, 4.69) is 12.2 Å². The van der Waals surface area contributed by atoms with Crippen LogP contribution in [-0.2, 0) is 10.0 Å². The summed E-state index contributed by atoms with van der Waals surface area (Å²) >= 11 is 6.25. The summed E-state index contributed by atoms with van der Waals surface area (Å²) in [5.74, 6) is 0.0282. The van der Waals surface area contributed by atoms with Gasteiger partial charge in [-0.2, -0.15) is 4.31 Å². The number of carbonyl (C=O) groups is 1. The SMILES string of the molecule is Cc1cc(C)c(NC(=O)c2ccc(S(=O)(=O)N3CCC[C@H](C)C3)cc2)c(Cl)c1. The molecule has 0 unspecified atom stereocenters. The smallest absolute Gasteiger partial charge is 0.255 e. The van der Waals surface area contributed by atoms with Gasteiger partial charge in [-0.25, -0.2) is 8.42 Å². The van der Waals surface area contributed by atoms with Crippen molar-refractivity contribution in [1.82, 2.24) is 4.31 Å². The highest BCUT2D eigenvalue weighted by atomic mass is 35.5. The molecule has 1 saturated heterocycles. The van der Waals surface area contributed by atoms with Crippen LogP contribution in [0.25, 0.3) is 0 Å². The minimum absolute atomic E-state index is 0.211. The van der Waals surface area contributed by atoms with Gasteiger partial charge in [0.05, 0.1) is 15.6 Å². The van der Waals surface area contributed by atoms with Crippen molar-refractivity contribution in [3.8, 4) is 0 Å². The first kappa shape index (κ1) is 20.8. The lowest BCUT2D eigenvalue weighted by molar-refractivity contribution is 0.102. The molecule has 7 heteroatoms. The molecule has 1 amide bonds. The Kier molecular flexibility index (Phi) is 6.12. The predicted octanol–water partition coefficient (Wildman–Crippen LogP) is 4.63. The Hall–Kier alpha value is -1.89. The highest BCUT2D eigenvalue weighted by Gasteiger charge is 2.28. The van der Waals surface area contributed by atoms with Crippen LogP contribution in [0.2, 0.25) is 5.02 Å². The Labute approximate surface area is 171 Å². The fourth-order valence-electron chi connectivity index (χ4n) is 3.55. The third-order valence-electron chi connectivity index (χ3n) is 5.04. The van der Waals surface area contributed by atoms with Crippen molar-refractivity contribution in [3.63, 3.8) is 0 Å². The second kappa shape index (κ2) is 8.23. The van der Waals surface area contributed by atoms with E-state index < -0.39 is 10.0 Å². The van der Waals surface area contributed by atoms with E-state index in [0.717, 1.165) is 24.0 Å². The molecule has 1 N–H and O–H groups in total. The van der Waals surface area contributed by atoms with Gasteiger partial charge in [-0.05, 0) is 74.1 Å². The summed E-state index contributed by atoms with van der Waals surface area (Å²) in [7, 11) is -3.53. The van der Waals surface area contributed by atoms with Crippen LogP contribution in [-0.4, -0.2) is 31.7 Å². The van der Waals surface area contributed by atoms with E-state index in [0.29, 0.717) is 35.3 Å². The molecule has 28 heavy (non-hydrogen) atoms. The number of anilines is 1. The highest BCUT2D eigenvalue weighted by Crippen LogP contribution is 2.28. The number of rotatable bonds is 4. The minimum Gasteiger partial charge on any atom is -0.320 e. The first-order valence-corrected chi connectivity index (χ1v) is 11.2. The van der Waals surface area contributed by atoms with E-state index in [1.54, 1.807) is 6.07 Å². The maximum absolute atomic E-state index is 12.8. The van der Waals surface area contributed by atoms with Gasteiger partial charge in [-0.15, -0.1) is 0 Å². The normalized spacial score (nSPS) is 18.1. The number of hydrogen-bond acceptors (Lipinski definition) is 3. The molecule has 3 rings (SSSR count). The van der Waals surface area contributed by atoms with Gasteiger partial charge in [0.2, 0.25) is 10.0 Å². The van der Waals surface area contributed by atoms with Crippen molar-refractivity contribution in [2.75, 3.05) is 18.4 Å². The summed E-state index contributed by atoms with van der Waals surface area (Å²) in [5, 5.41) is 3.29. The first-order valence-electron chi connectivity index (χ1n) is 9.37. The number of sulfonamides is 1. The van der Waals surface area contributed by atoms with Crippen molar-refractivity contribution in [3.05, 3.63) is 58.1 Å². The number of amides is 1. The summed E-state index contributed by atoms with van der Waals surface area (Å²) in [6, 6.07) is 9.79. The van der Waals surface area contributed by atoms with Crippen LogP contribution >= 0.6 is 11.6 Å². The number of benzene rings is 2. The minimum atomic E-state index is -3.53. The van der Waals surface area contributed by atoms with Crippen molar-refractivity contribution < 1.29 is 13.2 Å². The second-order valence-electron chi connectivity index (χ2n) is 7.53. The zero-order chi connectivity index (χ0) is 20.5. The third kappa shape index (κ3) is 4.40. The van der Waals surface area contributed by atoms with Gasteiger partial charge in [-0.3, -0.25) is 4.79 Å². The molecule has 150 valence electrons. The molecule has 1 aliphatic rings. The molecule has 1 aliphatic heterocycles. The van der Waals surface area contributed by atoms with Gasteiger partial charge in [0.15, 0.2) is 0 Å². The fraction of sp³-hybridized carbons (Fsp3) is 0.381. The molecule has 1 heterocycles. The van der Waals surface area contributed by atoms with Crippen LogP contribution in [0.3, 0.4) is 0 Å². The van der Waals surface area contributed by atoms with Gasteiger partial charge in [0, 0.05) is 18.7 Å². The zero-order valence-corrected chi connectivity index (χ0v) is 17.9. The fourth-order valence-corrected chi connectivity index (χ4v) is 5.52. The lowest BCUT2D eigenvalue weighted by Crippen LogP contribution is -2.39. The summed E-state index contributed by atoms with van der Waals surface area (Å²) in [4.78, 5) is 12.8. The van der Waals surface area contributed by atoms with E-state index >= 15 is 0 Å². The summed E-state index contributed by atoms with van der Waals surface area (Å²) in [6.07, 6.45) is 1.92. The van der Waals surface area contributed by atoms with Gasteiger partial charge in [-0.1, -0.05) is 24.6 Å². The van der Waals surface area contributed by atoms with Crippen molar-refractivity contribution >= 4 is 33.2 Å². The standard InChI is InChI=1S/C21H25ClN2O3S/c1-14-5-4-10-24(13-14)28(26,27)18-8-6-17(7-9-18)21(25)23-20-16(3)11-15(2)12-19(20)22/h6-9,11-12,14H,4-5,10,13H2,1-3H3,(H,23,25)/t14-/m0/s1. The molecule has 2 aromatic rings. The molecule has 0 saturated carbocycles. The summed E-state index contributed by atoms with van der Waals surface area (Å²) < 4.78 is 27.2. The molecule has 2 aromatic carbocycles. The average Bonchev–Trinajstić information content (AvgIpc) is 2.64. The second-order valence-corrected chi connectivity index (χ2v) is 9.87. The molecular weight excluding hydrogens is 396 g/mol. The molecule has 5 nitrogen and oxygen atoms in total. The van der Waals surface area contributed by atoms with Crippen LogP contribution in [0.4, 0.5) is 5.69 Å². The van der Waals surface area contributed by atoms with E-state index in [4.69, 9.17) is 11.6 Å². The monoisotopic (exact) mass is 420 g/mol. The average molecular weight is 421 g/mol. The number of piperidine rings is 1. The largest absolute Gasteiger partial charge is 0.320 e. The van der Waals surface area contributed by atoms with Crippen molar-refractivity contribution in [2.24, 2.45) is 5.92 Å². The predicted molar refractivity (Wildman–Crippen MR) is 112 cm³/mol. The Balaban J connectivity index is 1.78. The van der Waals surface area contributed by atoms with Crippen LogP contribution in [0, 0.1) is 19.8 Å². The Morgan fingerprint density at radius 1 is 1.18 bits per heavy atom. The van der Waals surface area contributed by atoms with Crippen molar-refractivity contribution in [2.45, 2.75) is 38.5 Å². The topological polar surface area (TPSA) is 66.5 Å². The van der Waals surface area contributed by atoms with E-state index in [1.807, 2.05) is 19.9 Å². The molecule has 1 atom stereocenters. The maximum Gasteiger partial charge on any atom is 0.255 e. The number of hydrogen-bond donors (Lipinski definition) is 1. The molecule has 0 aromatic heterocycles. The maximum atomic E-state index is 12.8. The quantitative estimate of drug-likeness (QED) is 0.784. The van der Waals surface area contributed by atoms with Gasteiger partial charge in [0.25, 0.3) is 5.91 Å². The number of nitrogens with zero attached hydrogens (tertiary/aromatic N) is 1. The van der Waals surface area contributed by atoms with Gasteiger partial charge in [0.1, 0.15) is 0 Å². The lowest BCUT2D eigenvalue weighted by Gasteiger charge is -2.30. The van der Waals surface area contributed by atoms with Gasteiger partial charge < -0.3 is 5.32 Å². The van der Waals surface area contributed by atoms with Crippen molar-refractivity contribution in [1.29, 1.82) is 0 Å². The highest BCUT2D eigenvalue weighted by molar-refractivity contribution is 7.89. The van der Waals surface area contributed by atoms with E-state index in [-0.39, 0.29) is 10.8 Å². The summed E-state index contributed by atoms with van der Waals surface area (Å²) in [5.41, 5.74) is 2.83. The third-order valence-corrected chi connectivity index (χ3v) is 7.22. The molecule has 0 radical (unpaired) electrons. The number of carbonyl (C=O) groups excluding carboxylic acids is 1. The van der Waals surface area contributed by atoms with E-state index in [1.165, 1.54) is 28.6 Å².